The van der Waals surface area contributed by atoms with Gasteiger partial charge in [-0.05, 0) is 139 Å². The molecule has 3 aromatic carbocycles. The second-order valence-corrected chi connectivity index (χ2v) is 29.3. The lowest BCUT2D eigenvalue weighted by Crippen LogP contribution is -2.28. The van der Waals surface area contributed by atoms with Crippen LogP contribution in [0.5, 0.6) is 0 Å². The molecule has 0 bridgehead atoms. The van der Waals surface area contributed by atoms with Crippen LogP contribution < -0.4 is 7.42 Å². The van der Waals surface area contributed by atoms with Gasteiger partial charge in [-0.15, -0.1) is 0 Å². The first-order valence-electron chi connectivity index (χ1n) is 13.2. The molecule has 3 rings (SSSR count). The van der Waals surface area contributed by atoms with E-state index in [9.17, 15) is 0 Å². The summed E-state index contributed by atoms with van der Waals surface area (Å²) in [5.74, 6) is 0. The van der Waals surface area contributed by atoms with Gasteiger partial charge in [0, 0.05) is 0 Å². The number of nitrogens with zero attached hydrogens (tertiary/aromatic N) is 2. The molecule has 0 aliphatic rings. The fraction of sp³-hybridized carbons (Fsp3) is 0.353. The molecule has 0 spiro atoms. The molecule has 6 heteroatoms. The van der Waals surface area contributed by atoms with Crippen LogP contribution in [0, 0.1) is 0 Å². The van der Waals surface area contributed by atoms with E-state index in [1.54, 1.807) is 0 Å². The molecule has 0 aromatic heterocycles. The van der Waals surface area contributed by atoms with Crippen molar-refractivity contribution in [3.63, 3.8) is 0 Å². The summed E-state index contributed by atoms with van der Waals surface area (Å²) in [7, 11) is -3.55. The van der Waals surface area contributed by atoms with Crippen molar-refractivity contribution in [1.29, 1.82) is 0 Å². The second-order valence-electron chi connectivity index (χ2n) is 13.2. The van der Waals surface area contributed by atoms with Gasteiger partial charge >= 0.3 is 0 Å². The summed E-state index contributed by atoms with van der Waals surface area (Å²) in [4.78, 5) is 0. The van der Waals surface area contributed by atoms with E-state index in [0.717, 1.165) is 33.4 Å². The Bertz CT molecular complexity index is 1220. The fourth-order valence-electron chi connectivity index (χ4n) is 5.40. The van der Waals surface area contributed by atoms with Crippen LogP contribution in [0.1, 0.15) is 22.3 Å². The van der Waals surface area contributed by atoms with Crippen molar-refractivity contribution in [2.24, 2.45) is 0 Å². The Balaban J connectivity index is 1.86. The summed E-state index contributed by atoms with van der Waals surface area (Å²) < 4.78 is 5.29. The molecule has 40 heavy (non-hydrogen) atoms. The third-order valence-electron chi connectivity index (χ3n) is 6.40. The first kappa shape index (κ1) is 32.7. The zero-order valence-electron chi connectivity index (χ0n) is 26.9. The van der Waals surface area contributed by atoms with Crippen molar-refractivity contribution in [1.82, 2.24) is 0 Å². The molecule has 222 valence electrons. The summed E-state index contributed by atoms with van der Waals surface area (Å²) in [6.07, 6.45) is 28.5. The Morgan fingerprint density at radius 3 is 0.950 bits per heavy atom. The maximum Gasteiger partial charge on any atom is 0.0558 e. The van der Waals surface area contributed by atoms with E-state index < -0.39 is 40.9 Å². The molecule has 0 fully saturated rings. The number of hydrogen-bond donors (Lipinski definition) is 0. The maximum atomic E-state index is 4.48. The Kier molecular flexibility index (Phi) is 9.63. The molecule has 0 N–H and O–H groups in total. The lowest BCUT2D eigenvalue weighted by Gasteiger charge is -2.53. The summed E-state index contributed by atoms with van der Waals surface area (Å²) in [5, 5.41) is 0. The maximum absolute atomic E-state index is 4.48. The SMILES string of the molecule is C=C(c1ccc(N(S(C)(C)C)S(C)(C)C)cc1)c1cccc(C(=C)c2ccc(N(S(C)(C)C)S(C)(C)C)cc2)c1. The van der Waals surface area contributed by atoms with Crippen LogP contribution in [-0.4, -0.2) is 75.1 Å². The molecule has 0 heterocycles. The molecular weight excluding hydrogens is 565 g/mol. The number of benzene rings is 3. The van der Waals surface area contributed by atoms with Crippen LogP contribution in [0.15, 0.2) is 86.0 Å². The average Bonchev–Trinajstić information content (AvgIpc) is 2.80. The number of hydrogen-bond acceptors (Lipinski definition) is 2. The minimum atomic E-state index is -0.887. The largest absolute Gasteiger partial charge is 0.298 e. The second kappa shape index (κ2) is 11.8. The lowest BCUT2D eigenvalue weighted by atomic mass is 9.93. The van der Waals surface area contributed by atoms with Gasteiger partial charge in [-0.1, -0.05) is 55.6 Å². The molecule has 0 atom stereocenters. The van der Waals surface area contributed by atoms with Crippen molar-refractivity contribution < 1.29 is 0 Å². The topological polar surface area (TPSA) is 6.48 Å². The van der Waals surface area contributed by atoms with Gasteiger partial charge in [-0.25, -0.2) is 0 Å². The quantitative estimate of drug-likeness (QED) is 0.224. The van der Waals surface area contributed by atoms with E-state index in [1.807, 2.05) is 0 Å². The summed E-state index contributed by atoms with van der Waals surface area (Å²) in [6, 6.07) is 26.6. The van der Waals surface area contributed by atoms with Gasteiger partial charge < -0.3 is 0 Å². The number of rotatable bonds is 10. The molecule has 0 aliphatic carbocycles. The smallest absolute Gasteiger partial charge is 0.0558 e. The van der Waals surface area contributed by atoms with Crippen LogP contribution in [-0.2, 0) is 0 Å². The molecular formula is C34H52N2S4. The highest BCUT2D eigenvalue weighted by Crippen LogP contribution is 2.60. The van der Waals surface area contributed by atoms with Gasteiger partial charge in [0.15, 0.2) is 0 Å². The summed E-state index contributed by atoms with van der Waals surface area (Å²) in [5.41, 5.74) is 9.22. The highest BCUT2D eigenvalue weighted by Gasteiger charge is 2.27. The molecule has 0 aliphatic heterocycles. The van der Waals surface area contributed by atoms with Crippen molar-refractivity contribution in [2.75, 3.05) is 82.5 Å². The fourth-order valence-corrected chi connectivity index (χ4v) is 19.2. The standard InChI is InChI=1S/C34H52N2S4/c1-27(29-18-22-33(23-19-29)35(37(3,4)5)38(6,7)8)31-16-15-17-32(26-31)28(2)30-20-24-34(25-21-30)36(39(9,10)11)40(12,13)14/h15-26H,1-2H2,3-14H3. The highest BCUT2D eigenvalue weighted by molar-refractivity contribution is 8.49. The Morgan fingerprint density at radius 2 is 0.700 bits per heavy atom. The predicted molar refractivity (Wildman–Crippen MR) is 202 cm³/mol. The molecule has 0 saturated carbocycles. The van der Waals surface area contributed by atoms with Gasteiger partial charge in [-0.2, -0.15) is 40.9 Å². The van der Waals surface area contributed by atoms with E-state index in [4.69, 9.17) is 0 Å². The van der Waals surface area contributed by atoms with E-state index in [2.05, 4.69) is 168 Å². The Morgan fingerprint density at radius 1 is 0.425 bits per heavy atom. The summed E-state index contributed by atoms with van der Waals surface area (Å²) >= 11 is 0. The third kappa shape index (κ3) is 7.70. The third-order valence-corrected chi connectivity index (χ3v) is 16.6. The van der Waals surface area contributed by atoms with Gasteiger partial charge in [0.2, 0.25) is 0 Å². The van der Waals surface area contributed by atoms with Crippen molar-refractivity contribution >= 4 is 63.4 Å². The van der Waals surface area contributed by atoms with Gasteiger partial charge in [0.1, 0.15) is 0 Å². The van der Waals surface area contributed by atoms with Crippen molar-refractivity contribution in [2.45, 2.75) is 0 Å². The van der Waals surface area contributed by atoms with Crippen molar-refractivity contribution in [3.05, 3.63) is 108 Å². The molecule has 0 saturated heterocycles. The van der Waals surface area contributed by atoms with Crippen LogP contribution in [0.4, 0.5) is 11.4 Å². The average molecular weight is 617 g/mol. The van der Waals surface area contributed by atoms with E-state index in [1.165, 1.54) is 11.4 Å². The molecule has 0 radical (unpaired) electrons. The lowest BCUT2D eigenvalue weighted by molar-refractivity contribution is 1.48. The Labute approximate surface area is 252 Å². The minimum Gasteiger partial charge on any atom is -0.298 e. The zero-order valence-corrected chi connectivity index (χ0v) is 30.1. The molecule has 0 unspecified atom stereocenters. The Hall–Kier alpha value is -1.86. The first-order chi connectivity index (χ1) is 18.2. The predicted octanol–water partition coefficient (Wildman–Crippen LogP) is 9.86. The van der Waals surface area contributed by atoms with E-state index in [-0.39, 0.29) is 0 Å². The minimum absolute atomic E-state index is 0.887. The van der Waals surface area contributed by atoms with Gasteiger partial charge in [0.25, 0.3) is 0 Å². The zero-order chi connectivity index (χ0) is 30.3. The molecule has 2 nitrogen and oxygen atoms in total. The van der Waals surface area contributed by atoms with Gasteiger partial charge in [-0.3, -0.25) is 7.42 Å². The molecule has 0 amide bonds. The molecule has 3 aromatic rings. The first-order valence-corrected chi connectivity index (χ1v) is 24.5. The normalized spacial score (nSPS) is 14.3. The van der Waals surface area contributed by atoms with Crippen LogP contribution in [0.3, 0.4) is 0 Å². The number of anilines is 2. The monoisotopic (exact) mass is 616 g/mol. The van der Waals surface area contributed by atoms with E-state index in [0.29, 0.717) is 0 Å². The summed E-state index contributed by atoms with van der Waals surface area (Å²) in [6.45, 7) is 8.97. The highest BCUT2D eigenvalue weighted by atomic mass is 32.3. The van der Waals surface area contributed by atoms with Crippen LogP contribution >= 0.6 is 40.9 Å². The van der Waals surface area contributed by atoms with Crippen molar-refractivity contribution in [3.8, 4) is 0 Å². The van der Waals surface area contributed by atoms with Gasteiger partial charge in [0.05, 0.1) is 11.4 Å². The van der Waals surface area contributed by atoms with Crippen LogP contribution in [0.2, 0.25) is 0 Å². The van der Waals surface area contributed by atoms with E-state index >= 15 is 0 Å². The van der Waals surface area contributed by atoms with Crippen LogP contribution in [0.25, 0.3) is 11.1 Å².